The lowest BCUT2D eigenvalue weighted by molar-refractivity contribution is -0.379. The van der Waals surface area contributed by atoms with Gasteiger partial charge in [-0.05, 0) is 83.5 Å². The Labute approximate surface area is 547 Å². The molecule has 12 N–H and O–H groups in total. The van der Waals surface area contributed by atoms with Gasteiger partial charge in [0.1, 0.15) is 73.2 Å². The van der Waals surface area contributed by atoms with E-state index in [0.717, 1.165) is 70.6 Å². The summed E-state index contributed by atoms with van der Waals surface area (Å²) >= 11 is 0. The molecule has 0 aromatic rings. The molecule has 3 aliphatic rings. The number of allylic oxidation sites excluding steroid dienone is 11. The summed E-state index contributed by atoms with van der Waals surface area (Å²) in [6.45, 7) is 1.70. The van der Waals surface area contributed by atoms with Crippen molar-refractivity contribution < 1.29 is 89.4 Å². The van der Waals surface area contributed by atoms with Gasteiger partial charge in [-0.1, -0.05) is 228 Å². The smallest absolute Gasteiger partial charge is 0.220 e. The summed E-state index contributed by atoms with van der Waals surface area (Å²) in [5.74, 6) is -0.295. The van der Waals surface area contributed by atoms with Gasteiger partial charge >= 0.3 is 0 Å². The monoisotopic (exact) mass is 1290 g/mol. The molecule has 528 valence electrons. The van der Waals surface area contributed by atoms with E-state index in [0.29, 0.717) is 12.8 Å². The quantitative estimate of drug-likeness (QED) is 0.0199. The Balaban J connectivity index is 1.45. The van der Waals surface area contributed by atoms with Crippen LogP contribution in [0.3, 0.4) is 0 Å². The minimum Gasteiger partial charge on any atom is -0.394 e. The molecule has 19 heteroatoms. The minimum atomic E-state index is -1.99. The van der Waals surface area contributed by atoms with E-state index in [1.807, 2.05) is 6.08 Å². The van der Waals surface area contributed by atoms with Crippen molar-refractivity contribution >= 4 is 5.91 Å². The second-order valence-corrected chi connectivity index (χ2v) is 25.3. The van der Waals surface area contributed by atoms with Crippen LogP contribution in [-0.2, 0) is 33.2 Å². The zero-order valence-corrected chi connectivity index (χ0v) is 55.8. The molecule has 0 radical (unpaired) electrons. The predicted molar refractivity (Wildman–Crippen MR) is 355 cm³/mol. The van der Waals surface area contributed by atoms with Gasteiger partial charge in [0.2, 0.25) is 5.91 Å². The van der Waals surface area contributed by atoms with Crippen LogP contribution in [0.15, 0.2) is 72.9 Å². The Bertz CT molecular complexity index is 1930. The SMILES string of the molecule is CCCCCCC/C=C\C/C=C\C/C=C\CCCCCCCCCCCCC(=O)NC(COC1OC(CO)C(OC2OC(CO)C(OC3OC(CO)C(O)C(O)C3O)C(O)C2O)C(O)C1O)C(O)/C=C/CC/C=C/CC/C=C/CCCCCCCCCCCCC. The molecule has 0 spiro atoms. The lowest BCUT2D eigenvalue weighted by Crippen LogP contribution is -2.66. The van der Waals surface area contributed by atoms with Crippen LogP contribution in [0.1, 0.15) is 245 Å². The van der Waals surface area contributed by atoms with Crippen molar-refractivity contribution in [3.8, 4) is 0 Å². The molecule has 3 heterocycles. The van der Waals surface area contributed by atoms with E-state index >= 15 is 0 Å². The highest BCUT2D eigenvalue weighted by Gasteiger charge is 2.53. The minimum absolute atomic E-state index is 0.224. The second kappa shape index (κ2) is 53.4. The van der Waals surface area contributed by atoms with Crippen LogP contribution in [0, 0.1) is 0 Å². The molecule has 0 saturated carbocycles. The largest absolute Gasteiger partial charge is 0.394 e. The number of carbonyl (C=O) groups is 1. The third kappa shape index (κ3) is 35.2. The van der Waals surface area contributed by atoms with E-state index in [2.05, 4.69) is 79.9 Å². The number of nitrogens with one attached hydrogen (secondary N) is 1. The Kier molecular flexibility index (Phi) is 48.4. The number of aliphatic hydroxyl groups excluding tert-OH is 11. The number of hydrogen-bond donors (Lipinski definition) is 12. The maximum atomic E-state index is 13.4. The van der Waals surface area contributed by atoms with E-state index in [4.69, 9.17) is 28.4 Å². The van der Waals surface area contributed by atoms with Gasteiger partial charge in [-0.25, -0.2) is 0 Å². The van der Waals surface area contributed by atoms with Crippen LogP contribution in [0.2, 0.25) is 0 Å². The van der Waals surface area contributed by atoms with Crippen molar-refractivity contribution in [2.45, 2.75) is 349 Å². The topological polar surface area (TPSA) is 307 Å². The van der Waals surface area contributed by atoms with Gasteiger partial charge in [0, 0.05) is 6.42 Å². The molecule has 0 bridgehead atoms. The highest BCUT2D eigenvalue weighted by molar-refractivity contribution is 5.76. The van der Waals surface area contributed by atoms with E-state index in [1.54, 1.807) is 6.08 Å². The summed E-state index contributed by atoms with van der Waals surface area (Å²) in [7, 11) is 0. The third-order valence-electron chi connectivity index (χ3n) is 17.5. The van der Waals surface area contributed by atoms with Crippen molar-refractivity contribution in [3.05, 3.63) is 72.9 Å². The van der Waals surface area contributed by atoms with Gasteiger partial charge in [-0.15, -0.1) is 0 Å². The first-order valence-corrected chi connectivity index (χ1v) is 35.7. The van der Waals surface area contributed by atoms with E-state index < -0.39 is 124 Å². The first-order chi connectivity index (χ1) is 44.3. The molecule has 3 aliphatic heterocycles. The zero-order chi connectivity index (χ0) is 66.1. The van der Waals surface area contributed by atoms with E-state index in [9.17, 15) is 61.0 Å². The predicted octanol–water partition coefficient (Wildman–Crippen LogP) is 9.72. The first-order valence-electron chi connectivity index (χ1n) is 35.7. The normalized spacial score (nSPS) is 28.3. The highest BCUT2D eigenvalue weighted by Crippen LogP contribution is 2.33. The maximum absolute atomic E-state index is 13.4. The number of unbranched alkanes of at least 4 members (excludes halogenated alkanes) is 28. The average Bonchev–Trinajstić information content (AvgIpc) is 0.883. The zero-order valence-electron chi connectivity index (χ0n) is 55.8. The van der Waals surface area contributed by atoms with Crippen LogP contribution < -0.4 is 5.32 Å². The summed E-state index contributed by atoms with van der Waals surface area (Å²) in [5.41, 5.74) is 0. The number of ether oxygens (including phenoxy) is 6. The Morgan fingerprint density at radius 3 is 1.18 bits per heavy atom. The van der Waals surface area contributed by atoms with Gasteiger partial charge in [0.05, 0.1) is 38.6 Å². The number of aliphatic hydroxyl groups is 11. The Morgan fingerprint density at radius 2 is 0.736 bits per heavy atom. The molecule has 91 heavy (non-hydrogen) atoms. The fraction of sp³-hybridized carbons (Fsp3) is 0.819. The number of hydrogen-bond acceptors (Lipinski definition) is 18. The van der Waals surface area contributed by atoms with E-state index in [1.165, 1.54) is 141 Å². The van der Waals surface area contributed by atoms with Crippen LogP contribution in [0.4, 0.5) is 0 Å². The van der Waals surface area contributed by atoms with Gasteiger partial charge in [0.25, 0.3) is 0 Å². The summed E-state index contributed by atoms with van der Waals surface area (Å²) in [5, 5.41) is 121. The van der Waals surface area contributed by atoms with Crippen LogP contribution in [0.25, 0.3) is 0 Å². The Morgan fingerprint density at radius 1 is 0.396 bits per heavy atom. The standard InChI is InChI=1S/C72H127NO18/c1-3-5-7-9-11-13-15-17-19-21-23-25-26-27-28-30-32-34-36-38-40-42-44-46-48-50-60(78)73-55(56(77)49-47-45-43-41-39-37-35-33-31-29-24-22-20-18-16-14-12-10-8-6-4-2)54-86-70-66(84)63(81)68(58(52-75)88-70)91-72-67(85)64(82)69(59(53-76)89-72)90-71-65(83)62(80)61(79)57(51-74)87-71/h15,17,21,23,26-27,31,33,39,41,47,49,55-59,61-72,74-77,79-85H,3-14,16,18-20,22,24-25,28-30,32,34-38,40,42-46,48,50-54H2,1-2H3,(H,73,78)/b17-15-,23-21-,27-26-,33-31+,41-39+,49-47+. The molecule has 3 fully saturated rings. The molecule has 0 aromatic heterocycles. The fourth-order valence-electron chi connectivity index (χ4n) is 11.6. The lowest BCUT2D eigenvalue weighted by Gasteiger charge is -2.48. The molecular formula is C72H127NO18. The highest BCUT2D eigenvalue weighted by atomic mass is 16.8. The molecule has 19 nitrogen and oxygen atoms in total. The van der Waals surface area contributed by atoms with Gasteiger partial charge in [0.15, 0.2) is 18.9 Å². The van der Waals surface area contributed by atoms with E-state index in [-0.39, 0.29) is 18.9 Å². The molecule has 3 rings (SSSR count). The molecule has 1 amide bonds. The molecular weight excluding hydrogens is 1170 g/mol. The first kappa shape index (κ1) is 82.5. The van der Waals surface area contributed by atoms with Crippen molar-refractivity contribution in [1.82, 2.24) is 5.32 Å². The van der Waals surface area contributed by atoms with Crippen LogP contribution in [0.5, 0.6) is 0 Å². The Hall–Kier alpha value is -2.77. The van der Waals surface area contributed by atoms with Gasteiger partial charge in [-0.2, -0.15) is 0 Å². The summed E-state index contributed by atoms with van der Waals surface area (Å²) in [4.78, 5) is 13.4. The summed E-state index contributed by atoms with van der Waals surface area (Å²) in [6, 6.07) is -1.00. The lowest BCUT2D eigenvalue weighted by atomic mass is 9.96. The summed E-state index contributed by atoms with van der Waals surface area (Å²) < 4.78 is 34.3. The van der Waals surface area contributed by atoms with Crippen molar-refractivity contribution in [1.29, 1.82) is 0 Å². The third-order valence-corrected chi connectivity index (χ3v) is 17.5. The number of rotatable bonds is 54. The molecule has 0 aromatic carbocycles. The number of carbonyl (C=O) groups excluding carboxylic acids is 1. The van der Waals surface area contributed by atoms with Gasteiger partial charge in [-0.3, -0.25) is 4.79 Å². The summed E-state index contributed by atoms with van der Waals surface area (Å²) in [6.07, 6.45) is 40.1. The second-order valence-electron chi connectivity index (χ2n) is 25.3. The molecule has 3 saturated heterocycles. The fourth-order valence-corrected chi connectivity index (χ4v) is 11.6. The van der Waals surface area contributed by atoms with Crippen molar-refractivity contribution in [2.24, 2.45) is 0 Å². The average molecular weight is 1290 g/mol. The van der Waals surface area contributed by atoms with Crippen molar-refractivity contribution in [3.63, 3.8) is 0 Å². The van der Waals surface area contributed by atoms with Gasteiger partial charge < -0.3 is 89.9 Å². The van der Waals surface area contributed by atoms with Crippen molar-refractivity contribution in [2.75, 3.05) is 26.4 Å². The number of amides is 1. The van der Waals surface area contributed by atoms with Crippen LogP contribution in [-0.4, -0.2) is 193 Å². The molecule has 17 unspecified atom stereocenters. The molecule has 17 atom stereocenters. The van der Waals surface area contributed by atoms with Crippen LogP contribution >= 0.6 is 0 Å². The maximum Gasteiger partial charge on any atom is 0.220 e. The molecule has 0 aliphatic carbocycles.